The van der Waals surface area contributed by atoms with Crippen LogP contribution in [0.1, 0.15) is 33.6 Å². The van der Waals surface area contributed by atoms with E-state index in [1.165, 1.54) is 0 Å². The Kier molecular flexibility index (Phi) is 9.66. The molecule has 4 nitrogen and oxygen atoms in total. The summed E-state index contributed by atoms with van der Waals surface area (Å²) in [7, 11) is 0. The van der Waals surface area contributed by atoms with Crippen molar-refractivity contribution in [3.05, 3.63) is 24.3 Å². The molecule has 0 aromatic heterocycles. The Balaban J connectivity index is 2.28. The van der Waals surface area contributed by atoms with Crippen LogP contribution in [0.15, 0.2) is 24.3 Å². The smallest absolute Gasteiger partial charge is 0.161 e. The molecule has 1 unspecified atom stereocenters. The molecule has 21 heavy (non-hydrogen) atoms. The van der Waals surface area contributed by atoms with Crippen molar-refractivity contribution in [2.75, 3.05) is 32.9 Å². The van der Waals surface area contributed by atoms with Crippen LogP contribution < -0.4 is 14.8 Å². The zero-order valence-corrected chi connectivity index (χ0v) is 13.6. The number of nitrogens with one attached hydrogen (secondary N) is 1. The zero-order valence-electron chi connectivity index (χ0n) is 13.6. The monoisotopic (exact) mass is 295 g/mol. The quantitative estimate of drug-likeness (QED) is 0.601. The van der Waals surface area contributed by atoms with Gasteiger partial charge in [0, 0.05) is 19.8 Å². The first-order valence-corrected chi connectivity index (χ1v) is 7.94. The third-order valence-corrected chi connectivity index (χ3v) is 2.92. The van der Waals surface area contributed by atoms with Crippen molar-refractivity contribution in [2.24, 2.45) is 0 Å². The maximum atomic E-state index is 5.95. The topological polar surface area (TPSA) is 39.7 Å². The lowest BCUT2D eigenvalue weighted by atomic mass is 10.3. The van der Waals surface area contributed by atoms with Gasteiger partial charge in [0.05, 0.1) is 6.61 Å². The molecule has 0 saturated heterocycles. The van der Waals surface area contributed by atoms with Gasteiger partial charge in [0.25, 0.3) is 0 Å². The van der Waals surface area contributed by atoms with Crippen LogP contribution >= 0.6 is 0 Å². The molecule has 0 bridgehead atoms. The van der Waals surface area contributed by atoms with E-state index in [9.17, 15) is 0 Å². The molecule has 4 heteroatoms. The summed E-state index contributed by atoms with van der Waals surface area (Å²) in [5, 5.41) is 3.38. The van der Waals surface area contributed by atoms with E-state index >= 15 is 0 Å². The summed E-state index contributed by atoms with van der Waals surface area (Å²) in [5.74, 6) is 1.64. The van der Waals surface area contributed by atoms with Gasteiger partial charge in [0.15, 0.2) is 11.5 Å². The van der Waals surface area contributed by atoms with E-state index in [1.54, 1.807) is 0 Å². The summed E-state index contributed by atoms with van der Waals surface area (Å²) in [4.78, 5) is 0. The van der Waals surface area contributed by atoms with E-state index in [2.05, 4.69) is 19.2 Å². The highest BCUT2D eigenvalue weighted by Gasteiger charge is 2.08. The van der Waals surface area contributed by atoms with Crippen LogP contribution in [0.2, 0.25) is 0 Å². The van der Waals surface area contributed by atoms with Crippen molar-refractivity contribution in [1.29, 1.82) is 0 Å². The first kappa shape index (κ1) is 17.8. The summed E-state index contributed by atoms with van der Waals surface area (Å²) >= 11 is 0. The summed E-state index contributed by atoms with van der Waals surface area (Å²) < 4.78 is 16.9. The van der Waals surface area contributed by atoms with E-state index in [0.717, 1.165) is 50.6 Å². The average Bonchev–Trinajstić information content (AvgIpc) is 2.50. The van der Waals surface area contributed by atoms with Gasteiger partial charge in [0.2, 0.25) is 0 Å². The summed E-state index contributed by atoms with van der Waals surface area (Å²) in [6.07, 6.45) is 2.12. The largest absolute Gasteiger partial charge is 0.490 e. The fraction of sp³-hybridized carbons (Fsp3) is 0.647. The van der Waals surface area contributed by atoms with Crippen LogP contribution in [0.4, 0.5) is 0 Å². The predicted octanol–water partition coefficient (Wildman–Crippen LogP) is 3.26. The Labute approximate surface area is 128 Å². The normalized spacial score (nSPS) is 12.1. The van der Waals surface area contributed by atoms with Crippen molar-refractivity contribution < 1.29 is 14.2 Å². The second-order valence-electron chi connectivity index (χ2n) is 4.98. The van der Waals surface area contributed by atoms with Crippen molar-refractivity contribution >= 4 is 0 Å². The van der Waals surface area contributed by atoms with Gasteiger partial charge < -0.3 is 19.5 Å². The SMILES string of the molecule is CCCOc1ccccc1OC(C)CNCCCOCC. The molecule has 0 radical (unpaired) electrons. The minimum absolute atomic E-state index is 0.100. The fourth-order valence-corrected chi connectivity index (χ4v) is 1.89. The molecular weight excluding hydrogens is 266 g/mol. The van der Waals surface area contributed by atoms with Crippen LogP contribution in [0.25, 0.3) is 0 Å². The van der Waals surface area contributed by atoms with Gasteiger partial charge >= 0.3 is 0 Å². The molecule has 1 atom stereocenters. The van der Waals surface area contributed by atoms with Crippen LogP contribution in [0.3, 0.4) is 0 Å². The summed E-state index contributed by atoms with van der Waals surface area (Å²) in [6, 6.07) is 7.84. The first-order valence-electron chi connectivity index (χ1n) is 7.94. The summed E-state index contributed by atoms with van der Waals surface area (Å²) in [6.45, 7) is 10.2. The maximum absolute atomic E-state index is 5.95. The van der Waals surface area contributed by atoms with Gasteiger partial charge in [-0.1, -0.05) is 19.1 Å². The van der Waals surface area contributed by atoms with Gasteiger partial charge in [0.1, 0.15) is 6.10 Å². The number of benzene rings is 1. The molecule has 1 rings (SSSR count). The van der Waals surface area contributed by atoms with Gasteiger partial charge in [-0.2, -0.15) is 0 Å². The molecule has 0 saturated carbocycles. The number of ether oxygens (including phenoxy) is 3. The van der Waals surface area contributed by atoms with E-state index < -0.39 is 0 Å². The van der Waals surface area contributed by atoms with Crippen molar-refractivity contribution in [3.8, 4) is 11.5 Å². The maximum Gasteiger partial charge on any atom is 0.161 e. The number of hydrogen-bond acceptors (Lipinski definition) is 4. The van der Waals surface area contributed by atoms with Crippen LogP contribution in [-0.4, -0.2) is 39.0 Å². The minimum atomic E-state index is 0.100. The van der Waals surface area contributed by atoms with Gasteiger partial charge in [-0.15, -0.1) is 0 Å². The highest BCUT2D eigenvalue weighted by atomic mass is 16.5. The first-order chi connectivity index (χ1) is 10.3. The van der Waals surface area contributed by atoms with Gasteiger partial charge in [-0.3, -0.25) is 0 Å². The average molecular weight is 295 g/mol. The molecule has 1 N–H and O–H groups in total. The molecule has 1 aromatic carbocycles. The van der Waals surface area contributed by atoms with Crippen LogP contribution in [0, 0.1) is 0 Å². The third-order valence-electron chi connectivity index (χ3n) is 2.92. The molecule has 120 valence electrons. The number of para-hydroxylation sites is 2. The Bertz CT molecular complexity index is 371. The number of hydrogen-bond donors (Lipinski definition) is 1. The van der Waals surface area contributed by atoms with Crippen molar-refractivity contribution in [2.45, 2.75) is 39.7 Å². The van der Waals surface area contributed by atoms with Crippen LogP contribution in [0.5, 0.6) is 11.5 Å². The van der Waals surface area contributed by atoms with Gasteiger partial charge in [-0.25, -0.2) is 0 Å². The lowest BCUT2D eigenvalue weighted by Gasteiger charge is -2.18. The molecule has 0 spiro atoms. The molecule has 0 aliphatic rings. The molecule has 0 heterocycles. The van der Waals surface area contributed by atoms with Crippen molar-refractivity contribution in [1.82, 2.24) is 5.32 Å². The Morgan fingerprint density at radius 2 is 1.86 bits per heavy atom. The molecule has 0 aliphatic heterocycles. The molecule has 1 aromatic rings. The summed E-state index contributed by atoms with van der Waals surface area (Å²) in [5.41, 5.74) is 0. The second-order valence-corrected chi connectivity index (χ2v) is 4.98. The van der Waals surface area contributed by atoms with E-state index in [4.69, 9.17) is 14.2 Å². The van der Waals surface area contributed by atoms with Gasteiger partial charge in [-0.05, 0) is 45.4 Å². The third kappa shape index (κ3) is 7.93. The Hall–Kier alpha value is -1.26. The van der Waals surface area contributed by atoms with E-state index in [1.807, 2.05) is 31.2 Å². The zero-order chi connectivity index (χ0) is 15.3. The molecule has 0 amide bonds. The molecular formula is C17H29NO3. The number of rotatable bonds is 12. The lowest BCUT2D eigenvalue weighted by Crippen LogP contribution is -2.30. The molecule has 0 fully saturated rings. The minimum Gasteiger partial charge on any atom is -0.490 e. The van der Waals surface area contributed by atoms with Crippen molar-refractivity contribution in [3.63, 3.8) is 0 Å². The fourth-order valence-electron chi connectivity index (χ4n) is 1.89. The molecule has 0 aliphatic carbocycles. The van der Waals surface area contributed by atoms with Crippen LogP contribution in [-0.2, 0) is 4.74 Å². The Morgan fingerprint density at radius 1 is 1.10 bits per heavy atom. The lowest BCUT2D eigenvalue weighted by molar-refractivity contribution is 0.143. The standard InChI is InChI=1S/C17H29NO3/c1-4-12-20-16-9-6-7-10-17(16)21-15(3)14-18-11-8-13-19-5-2/h6-7,9-10,15,18H,4-5,8,11-14H2,1-3H3. The Morgan fingerprint density at radius 3 is 2.57 bits per heavy atom. The van der Waals surface area contributed by atoms with E-state index in [-0.39, 0.29) is 6.10 Å². The van der Waals surface area contributed by atoms with E-state index in [0.29, 0.717) is 6.61 Å². The second kappa shape index (κ2) is 11.4. The highest BCUT2D eigenvalue weighted by molar-refractivity contribution is 5.39. The predicted molar refractivity (Wildman–Crippen MR) is 86.3 cm³/mol. The highest BCUT2D eigenvalue weighted by Crippen LogP contribution is 2.27.